The second-order valence-electron chi connectivity index (χ2n) is 5.35. The SMILES string of the molecule is CSc1ccccc1NC(=O)CCC(=O)N(C)[C@H](C)c1ccon1. The lowest BCUT2D eigenvalue weighted by Gasteiger charge is -2.23. The van der Waals surface area contributed by atoms with Crippen LogP contribution in [0.25, 0.3) is 0 Å². The number of nitrogens with one attached hydrogen (secondary N) is 1. The number of hydrogen-bond donors (Lipinski definition) is 1. The van der Waals surface area contributed by atoms with Crippen LogP contribution in [-0.2, 0) is 9.59 Å². The number of benzene rings is 1. The van der Waals surface area contributed by atoms with Gasteiger partial charge in [-0.05, 0) is 25.3 Å². The first kappa shape index (κ1) is 18.1. The first-order valence-electron chi connectivity index (χ1n) is 7.61. The molecule has 0 saturated heterocycles. The Hall–Kier alpha value is -2.28. The Morgan fingerprint density at radius 3 is 2.71 bits per heavy atom. The van der Waals surface area contributed by atoms with Crippen LogP contribution in [0, 0.1) is 0 Å². The van der Waals surface area contributed by atoms with Crippen molar-refractivity contribution in [2.45, 2.75) is 30.7 Å². The number of rotatable bonds is 7. The number of aromatic nitrogens is 1. The molecule has 0 aliphatic carbocycles. The summed E-state index contributed by atoms with van der Waals surface area (Å²) in [5, 5.41) is 6.69. The molecule has 0 aliphatic heterocycles. The lowest BCUT2D eigenvalue weighted by Crippen LogP contribution is -2.30. The maximum Gasteiger partial charge on any atom is 0.224 e. The Balaban J connectivity index is 1.86. The predicted molar refractivity (Wildman–Crippen MR) is 93.8 cm³/mol. The molecule has 2 aromatic rings. The summed E-state index contributed by atoms with van der Waals surface area (Å²) in [7, 11) is 1.70. The lowest BCUT2D eigenvalue weighted by atomic mass is 10.2. The van der Waals surface area contributed by atoms with Gasteiger partial charge in [0.05, 0.1) is 11.7 Å². The van der Waals surface area contributed by atoms with Crippen LogP contribution in [0.1, 0.15) is 31.5 Å². The molecule has 1 aromatic carbocycles. The van der Waals surface area contributed by atoms with Crippen molar-refractivity contribution < 1.29 is 14.1 Å². The Morgan fingerprint density at radius 2 is 2.04 bits per heavy atom. The van der Waals surface area contributed by atoms with E-state index in [1.54, 1.807) is 29.8 Å². The van der Waals surface area contributed by atoms with E-state index < -0.39 is 0 Å². The minimum atomic E-state index is -0.198. The van der Waals surface area contributed by atoms with Crippen LogP contribution >= 0.6 is 11.8 Å². The molecule has 1 heterocycles. The third-order valence-corrected chi connectivity index (χ3v) is 4.60. The average Bonchev–Trinajstić information content (AvgIpc) is 3.13. The van der Waals surface area contributed by atoms with Crippen molar-refractivity contribution in [2.75, 3.05) is 18.6 Å². The number of amides is 2. The van der Waals surface area contributed by atoms with Gasteiger partial charge in [-0.2, -0.15) is 0 Å². The van der Waals surface area contributed by atoms with E-state index in [1.165, 1.54) is 6.26 Å². The summed E-state index contributed by atoms with van der Waals surface area (Å²) in [5.41, 5.74) is 1.45. The number of nitrogens with zero attached hydrogens (tertiary/aromatic N) is 2. The van der Waals surface area contributed by atoms with Crippen molar-refractivity contribution in [1.29, 1.82) is 0 Å². The first-order valence-corrected chi connectivity index (χ1v) is 8.84. The number of carbonyl (C=O) groups is 2. The van der Waals surface area contributed by atoms with Crippen LogP contribution in [0.2, 0.25) is 0 Å². The summed E-state index contributed by atoms with van der Waals surface area (Å²) in [5.74, 6) is -0.286. The van der Waals surface area contributed by atoms with Crippen LogP contribution in [0.4, 0.5) is 5.69 Å². The van der Waals surface area contributed by atoms with E-state index in [9.17, 15) is 9.59 Å². The molecule has 1 aromatic heterocycles. The molecule has 0 aliphatic rings. The zero-order chi connectivity index (χ0) is 17.5. The largest absolute Gasteiger partial charge is 0.364 e. The van der Waals surface area contributed by atoms with Crippen molar-refractivity contribution in [3.63, 3.8) is 0 Å². The van der Waals surface area contributed by atoms with Crippen molar-refractivity contribution in [2.24, 2.45) is 0 Å². The molecule has 1 atom stereocenters. The normalized spacial score (nSPS) is 11.8. The summed E-state index contributed by atoms with van der Waals surface area (Å²) in [6.07, 6.45) is 3.71. The second kappa shape index (κ2) is 8.54. The van der Waals surface area contributed by atoms with Gasteiger partial charge in [0, 0.05) is 30.9 Å². The van der Waals surface area contributed by atoms with Gasteiger partial charge in [-0.15, -0.1) is 11.8 Å². The van der Waals surface area contributed by atoms with Gasteiger partial charge in [0.2, 0.25) is 11.8 Å². The van der Waals surface area contributed by atoms with E-state index in [1.807, 2.05) is 37.4 Å². The fourth-order valence-electron chi connectivity index (χ4n) is 2.21. The molecule has 7 heteroatoms. The molecule has 0 fully saturated rings. The molecule has 0 saturated carbocycles. The summed E-state index contributed by atoms with van der Waals surface area (Å²) >= 11 is 1.56. The monoisotopic (exact) mass is 347 g/mol. The molecule has 24 heavy (non-hydrogen) atoms. The molecule has 1 N–H and O–H groups in total. The van der Waals surface area contributed by atoms with Gasteiger partial charge in [0.1, 0.15) is 12.0 Å². The standard InChI is InChI=1S/C17H21N3O3S/c1-12(13-10-11-23-19-13)20(2)17(22)9-8-16(21)18-14-6-4-5-7-15(14)24-3/h4-7,10-12H,8-9H2,1-3H3,(H,18,21)/t12-/m1/s1. The van der Waals surface area contributed by atoms with E-state index in [-0.39, 0.29) is 30.7 Å². The zero-order valence-corrected chi connectivity index (χ0v) is 14.8. The topological polar surface area (TPSA) is 75.4 Å². The summed E-state index contributed by atoms with van der Waals surface area (Å²) in [6.45, 7) is 1.87. The van der Waals surface area contributed by atoms with Gasteiger partial charge in [-0.25, -0.2) is 0 Å². The van der Waals surface area contributed by atoms with E-state index >= 15 is 0 Å². The minimum absolute atomic E-state index is 0.112. The molecular weight excluding hydrogens is 326 g/mol. The highest BCUT2D eigenvalue weighted by molar-refractivity contribution is 7.98. The summed E-state index contributed by atoms with van der Waals surface area (Å²) in [4.78, 5) is 26.9. The molecule has 0 bridgehead atoms. The van der Waals surface area contributed by atoms with Crippen molar-refractivity contribution in [3.8, 4) is 0 Å². The third kappa shape index (κ3) is 4.61. The van der Waals surface area contributed by atoms with Gasteiger partial charge in [-0.1, -0.05) is 17.3 Å². The Kier molecular flexibility index (Phi) is 6.43. The fourth-order valence-corrected chi connectivity index (χ4v) is 2.76. The molecule has 2 rings (SSSR count). The van der Waals surface area contributed by atoms with Gasteiger partial charge in [-0.3, -0.25) is 9.59 Å². The van der Waals surface area contributed by atoms with Crippen LogP contribution in [0.5, 0.6) is 0 Å². The quantitative estimate of drug-likeness (QED) is 0.778. The Morgan fingerprint density at radius 1 is 1.29 bits per heavy atom. The zero-order valence-electron chi connectivity index (χ0n) is 14.0. The molecule has 2 amide bonds. The molecule has 0 unspecified atom stereocenters. The summed E-state index contributed by atoms with van der Waals surface area (Å²) in [6, 6.07) is 9.11. The predicted octanol–water partition coefficient (Wildman–Crippen LogP) is 3.33. The van der Waals surface area contributed by atoms with Gasteiger partial charge >= 0.3 is 0 Å². The number of anilines is 1. The van der Waals surface area contributed by atoms with E-state index in [4.69, 9.17) is 4.52 Å². The number of hydrogen-bond acceptors (Lipinski definition) is 5. The minimum Gasteiger partial charge on any atom is -0.364 e. The van der Waals surface area contributed by atoms with E-state index in [0.717, 1.165) is 10.6 Å². The van der Waals surface area contributed by atoms with Crippen LogP contribution < -0.4 is 5.32 Å². The number of para-hydroxylation sites is 1. The smallest absolute Gasteiger partial charge is 0.224 e. The first-order chi connectivity index (χ1) is 11.5. The van der Waals surface area contributed by atoms with Crippen LogP contribution in [0.15, 0.2) is 46.0 Å². The van der Waals surface area contributed by atoms with E-state index in [2.05, 4.69) is 10.5 Å². The van der Waals surface area contributed by atoms with Crippen molar-refractivity contribution in [3.05, 3.63) is 42.3 Å². The Labute approximate surface area is 145 Å². The van der Waals surface area contributed by atoms with Gasteiger partial charge in [0.15, 0.2) is 0 Å². The highest BCUT2D eigenvalue weighted by atomic mass is 32.2. The van der Waals surface area contributed by atoms with Crippen molar-refractivity contribution in [1.82, 2.24) is 10.1 Å². The molecular formula is C17H21N3O3S. The second-order valence-corrected chi connectivity index (χ2v) is 6.20. The molecule has 6 nitrogen and oxygen atoms in total. The number of carbonyl (C=O) groups excluding carboxylic acids is 2. The lowest BCUT2D eigenvalue weighted by molar-refractivity contribution is -0.133. The molecule has 0 spiro atoms. The molecule has 0 radical (unpaired) electrons. The highest BCUT2D eigenvalue weighted by Crippen LogP contribution is 2.25. The summed E-state index contributed by atoms with van der Waals surface area (Å²) < 4.78 is 4.80. The maximum absolute atomic E-state index is 12.2. The van der Waals surface area contributed by atoms with E-state index in [0.29, 0.717) is 5.69 Å². The van der Waals surface area contributed by atoms with Crippen LogP contribution in [0.3, 0.4) is 0 Å². The average molecular weight is 347 g/mol. The maximum atomic E-state index is 12.2. The molecule has 128 valence electrons. The van der Waals surface area contributed by atoms with Gasteiger partial charge in [0.25, 0.3) is 0 Å². The van der Waals surface area contributed by atoms with Crippen molar-refractivity contribution >= 4 is 29.3 Å². The number of thioether (sulfide) groups is 1. The Bertz CT molecular complexity index is 688. The third-order valence-electron chi connectivity index (χ3n) is 3.81. The highest BCUT2D eigenvalue weighted by Gasteiger charge is 2.20. The van der Waals surface area contributed by atoms with Crippen LogP contribution in [-0.4, -0.2) is 35.2 Å². The van der Waals surface area contributed by atoms with Gasteiger partial charge < -0.3 is 14.7 Å². The fraction of sp³-hybridized carbons (Fsp3) is 0.353.